The van der Waals surface area contributed by atoms with Crippen LogP contribution in [0.3, 0.4) is 0 Å². The highest BCUT2D eigenvalue weighted by Crippen LogP contribution is 2.34. The summed E-state index contributed by atoms with van der Waals surface area (Å²) in [4.78, 5) is 16.1. The number of hydrogen-bond acceptors (Lipinski definition) is 3. The normalized spacial score (nSPS) is 12.1. The first-order valence-electron chi connectivity index (χ1n) is 7.64. The van der Waals surface area contributed by atoms with E-state index < -0.39 is 17.7 Å². The Morgan fingerprint density at radius 3 is 2.52 bits per heavy atom. The summed E-state index contributed by atoms with van der Waals surface area (Å²) >= 11 is 5.94. The lowest BCUT2D eigenvalue weighted by molar-refractivity contribution is -0.112. The number of alkyl halides is 3. The molecule has 1 amide bonds. The zero-order chi connectivity index (χ0) is 19.4. The maximum absolute atomic E-state index is 13.4. The molecule has 9 heteroatoms. The van der Waals surface area contributed by atoms with Crippen molar-refractivity contribution in [2.75, 3.05) is 5.32 Å². The lowest BCUT2D eigenvalue weighted by Crippen LogP contribution is -2.17. The predicted molar refractivity (Wildman–Crippen MR) is 95.5 cm³/mol. The summed E-state index contributed by atoms with van der Waals surface area (Å²) in [5.41, 5.74) is -0.552. The topological polar surface area (TPSA) is 59.8 Å². The number of hydrogen-bond donors (Lipinski definition) is 1. The van der Waals surface area contributed by atoms with Gasteiger partial charge in [-0.05, 0) is 23.8 Å². The Morgan fingerprint density at radius 1 is 1.15 bits per heavy atom. The second-order valence-corrected chi connectivity index (χ2v) is 5.85. The van der Waals surface area contributed by atoms with Crippen LogP contribution in [0.15, 0.2) is 67.3 Å². The number of anilines is 1. The third-order valence-corrected chi connectivity index (χ3v) is 3.78. The maximum atomic E-state index is 13.4. The Labute approximate surface area is 157 Å². The molecule has 1 aromatic heterocycles. The molecule has 3 aromatic rings. The molecule has 0 aliphatic heterocycles. The second-order valence-electron chi connectivity index (χ2n) is 5.41. The molecule has 0 aliphatic rings. The van der Waals surface area contributed by atoms with Gasteiger partial charge in [0.2, 0.25) is 5.91 Å². The lowest BCUT2D eigenvalue weighted by Gasteiger charge is -2.13. The monoisotopic (exact) mass is 392 g/mol. The van der Waals surface area contributed by atoms with Crippen molar-refractivity contribution in [2.24, 2.45) is 0 Å². The van der Waals surface area contributed by atoms with E-state index in [1.165, 1.54) is 47.7 Å². The largest absolute Gasteiger partial charge is 0.417 e. The van der Waals surface area contributed by atoms with E-state index in [2.05, 4.69) is 15.4 Å². The summed E-state index contributed by atoms with van der Waals surface area (Å²) in [6.45, 7) is 0. The van der Waals surface area contributed by atoms with E-state index >= 15 is 0 Å². The molecule has 138 valence electrons. The van der Waals surface area contributed by atoms with Crippen molar-refractivity contribution in [3.05, 3.63) is 77.8 Å². The fourth-order valence-corrected chi connectivity index (χ4v) is 2.56. The van der Waals surface area contributed by atoms with Gasteiger partial charge in [-0.25, -0.2) is 9.67 Å². The number of halogens is 4. The highest BCUT2D eigenvalue weighted by atomic mass is 35.5. The summed E-state index contributed by atoms with van der Waals surface area (Å²) < 4.78 is 41.5. The smallest absolute Gasteiger partial charge is 0.321 e. The third-order valence-electron chi connectivity index (χ3n) is 3.55. The van der Waals surface area contributed by atoms with Gasteiger partial charge in [-0.15, -0.1) is 0 Å². The summed E-state index contributed by atoms with van der Waals surface area (Å²) in [6, 6.07) is 11.6. The average molecular weight is 393 g/mol. The van der Waals surface area contributed by atoms with E-state index in [1.807, 2.05) is 0 Å². The number of carbonyl (C=O) groups excluding carboxylic acids is 1. The van der Waals surface area contributed by atoms with Crippen LogP contribution in [0.1, 0.15) is 5.56 Å². The van der Waals surface area contributed by atoms with Crippen LogP contribution in [0.4, 0.5) is 18.9 Å². The first-order valence-corrected chi connectivity index (χ1v) is 8.02. The molecule has 3 rings (SSSR count). The van der Waals surface area contributed by atoms with E-state index in [9.17, 15) is 18.0 Å². The van der Waals surface area contributed by atoms with E-state index in [4.69, 9.17) is 11.6 Å². The van der Waals surface area contributed by atoms with Crippen LogP contribution >= 0.6 is 11.6 Å². The van der Waals surface area contributed by atoms with Gasteiger partial charge in [0.15, 0.2) is 0 Å². The maximum Gasteiger partial charge on any atom is 0.417 e. The minimum Gasteiger partial charge on any atom is -0.321 e. The molecule has 2 aromatic carbocycles. The number of nitrogens with zero attached hydrogens (tertiary/aromatic N) is 3. The molecule has 27 heavy (non-hydrogen) atoms. The number of nitrogens with one attached hydrogen (secondary N) is 1. The van der Waals surface area contributed by atoms with E-state index in [-0.39, 0.29) is 11.3 Å². The van der Waals surface area contributed by atoms with Crippen molar-refractivity contribution in [1.29, 1.82) is 0 Å². The number of amides is 1. The van der Waals surface area contributed by atoms with Crippen molar-refractivity contribution >= 4 is 28.8 Å². The fourth-order valence-electron chi connectivity index (χ4n) is 2.39. The van der Waals surface area contributed by atoms with E-state index in [1.54, 1.807) is 18.2 Å². The lowest BCUT2D eigenvalue weighted by atomic mass is 10.1. The van der Waals surface area contributed by atoms with Gasteiger partial charge in [0.05, 0.1) is 16.9 Å². The molecule has 0 atom stereocenters. The molecule has 5 nitrogen and oxygen atoms in total. The molecule has 0 unspecified atom stereocenters. The molecule has 0 bridgehead atoms. The van der Waals surface area contributed by atoms with Crippen molar-refractivity contribution in [2.45, 2.75) is 6.18 Å². The van der Waals surface area contributed by atoms with Gasteiger partial charge in [0, 0.05) is 11.1 Å². The molecule has 0 saturated carbocycles. The summed E-state index contributed by atoms with van der Waals surface area (Å²) in [5.74, 6) is -0.949. The van der Waals surface area contributed by atoms with Gasteiger partial charge in [-0.1, -0.05) is 41.9 Å². The Bertz CT molecular complexity index is 970. The molecule has 0 radical (unpaired) electrons. The number of aromatic nitrogens is 3. The van der Waals surface area contributed by atoms with Crippen LogP contribution in [0.25, 0.3) is 11.3 Å². The van der Waals surface area contributed by atoms with Gasteiger partial charge in [0.1, 0.15) is 12.7 Å². The quantitative estimate of drug-likeness (QED) is 0.665. The highest BCUT2D eigenvalue weighted by Gasteiger charge is 2.35. The van der Waals surface area contributed by atoms with E-state index in [0.29, 0.717) is 16.8 Å². The van der Waals surface area contributed by atoms with Crippen molar-refractivity contribution in [3.63, 3.8) is 0 Å². The number of allylic oxidation sites excluding steroid dienone is 1. The summed E-state index contributed by atoms with van der Waals surface area (Å²) in [5, 5.41) is 6.67. The SMILES string of the molecule is O=C(/C=C(/c1ccccc1)C(F)(F)F)Nc1cc(Cl)ccc1-n1cncn1. The molecule has 0 spiro atoms. The van der Waals surface area contributed by atoms with Crippen LogP contribution in [0, 0.1) is 0 Å². The Balaban J connectivity index is 1.95. The van der Waals surface area contributed by atoms with Gasteiger partial charge in [0.25, 0.3) is 0 Å². The molecule has 1 heterocycles. The highest BCUT2D eigenvalue weighted by molar-refractivity contribution is 6.31. The van der Waals surface area contributed by atoms with Crippen LogP contribution in [-0.4, -0.2) is 26.8 Å². The predicted octanol–water partition coefficient (Wildman–Crippen LogP) is 4.51. The minimum absolute atomic E-state index is 0.109. The average Bonchev–Trinajstić information content (AvgIpc) is 3.14. The summed E-state index contributed by atoms with van der Waals surface area (Å²) in [7, 11) is 0. The molecular weight excluding hydrogens is 381 g/mol. The van der Waals surface area contributed by atoms with Crippen LogP contribution in [0.2, 0.25) is 5.02 Å². The standard InChI is InChI=1S/C18H12ClF3N4O/c19-13-6-7-16(26-11-23-10-24-26)15(8-13)25-17(27)9-14(18(20,21)22)12-4-2-1-3-5-12/h1-11H,(H,25,27)/b14-9-. The fraction of sp³-hybridized carbons (Fsp3) is 0.0556. The van der Waals surface area contributed by atoms with Crippen molar-refractivity contribution in [1.82, 2.24) is 14.8 Å². The molecular formula is C18H12ClF3N4O. The zero-order valence-corrected chi connectivity index (χ0v) is 14.4. The second kappa shape index (κ2) is 7.63. The minimum atomic E-state index is -4.69. The third kappa shape index (κ3) is 4.53. The number of carbonyl (C=O) groups is 1. The van der Waals surface area contributed by atoms with Crippen LogP contribution < -0.4 is 5.32 Å². The van der Waals surface area contributed by atoms with E-state index in [0.717, 1.165) is 0 Å². The Morgan fingerprint density at radius 2 is 1.89 bits per heavy atom. The van der Waals surface area contributed by atoms with Crippen LogP contribution in [-0.2, 0) is 4.79 Å². The van der Waals surface area contributed by atoms with Gasteiger partial charge in [-0.2, -0.15) is 18.3 Å². The Hall–Kier alpha value is -3.13. The Kier molecular flexibility index (Phi) is 5.27. The van der Waals surface area contributed by atoms with Gasteiger partial charge in [-0.3, -0.25) is 4.79 Å². The first-order chi connectivity index (χ1) is 12.8. The zero-order valence-electron chi connectivity index (χ0n) is 13.6. The molecule has 0 fully saturated rings. The van der Waals surface area contributed by atoms with Crippen LogP contribution in [0.5, 0.6) is 0 Å². The van der Waals surface area contributed by atoms with Crippen molar-refractivity contribution < 1.29 is 18.0 Å². The number of benzene rings is 2. The summed E-state index contributed by atoms with van der Waals surface area (Å²) in [6.07, 6.45) is -1.50. The molecule has 1 N–H and O–H groups in total. The molecule has 0 saturated heterocycles. The number of rotatable bonds is 4. The van der Waals surface area contributed by atoms with Gasteiger partial charge >= 0.3 is 6.18 Å². The first kappa shape index (κ1) is 18.7. The molecule has 0 aliphatic carbocycles. The van der Waals surface area contributed by atoms with Crippen molar-refractivity contribution in [3.8, 4) is 5.69 Å². The van der Waals surface area contributed by atoms with Gasteiger partial charge < -0.3 is 5.32 Å².